The number of nitrogens with zero attached hydrogens (tertiary/aromatic N) is 2. The summed E-state index contributed by atoms with van der Waals surface area (Å²) in [6, 6.07) is 15.0. The molecule has 0 saturated carbocycles. The minimum atomic E-state index is -0.141. The molecule has 1 aliphatic rings. The molecule has 0 radical (unpaired) electrons. The molecule has 0 fully saturated rings. The van der Waals surface area contributed by atoms with Crippen LogP contribution in [0.15, 0.2) is 59.2 Å². The molecule has 25 heavy (non-hydrogen) atoms. The fourth-order valence-electron chi connectivity index (χ4n) is 2.65. The molecule has 2 aromatic rings. The molecule has 2 aromatic carbocycles. The lowest BCUT2D eigenvalue weighted by atomic mass is 10.1. The molecular weight excluding hydrogens is 316 g/mol. The van der Waals surface area contributed by atoms with Crippen LogP contribution >= 0.6 is 0 Å². The van der Waals surface area contributed by atoms with Gasteiger partial charge in [-0.05, 0) is 49.8 Å². The first-order valence-electron chi connectivity index (χ1n) is 8.11. The lowest BCUT2D eigenvalue weighted by molar-refractivity contribution is -0.114. The summed E-state index contributed by atoms with van der Waals surface area (Å²) in [5.41, 5.74) is 2.86. The van der Waals surface area contributed by atoms with Crippen molar-refractivity contribution in [2.24, 2.45) is 5.10 Å². The molecule has 1 heterocycles. The highest BCUT2D eigenvalue weighted by Crippen LogP contribution is 2.30. The van der Waals surface area contributed by atoms with Crippen LogP contribution in [0.2, 0.25) is 0 Å². The number of rotatable bonds is 5. The van der Waals surface area contributed by atoms with Gasteiger partial charge in [-0.3, -0.25) is 4.79 Å². The van der Waals surface area contributed by atoms with Gasteiger partial charge in [0.05, 0.1) is 30.7 Å². The number of amides is 1. The number of anilines is 1. The van der Waals surface area contributed by atoms with Gasteiger partial charge in [0.15, 0.2) is 11.5 Å². The summed E-state index contributed by atoms with van der Waals surface area (Å²) in [5, 5.41) is 5.81. The minimum Gasteiger partial charge on any atom is -0.493 e. The zero-order valence-electron chi connectivity index (χ0n) is 14.5. The topological polar surface area (TPSA) is 51.1 Å². The van der Waals surface area contributed by atoms with Gasteiger partial charge in [0.25, 0.3) is 5.91 Å². The molecule has 3 rings (SSSR count). The van der Waals surface area contributed by atoms with E-state index in [9.17, 15) is 4.79 Å². The summed E-state index contributed by atoms with van der Waals surface area (Å²) in [4.78, 5) is 12.7. The van der Waals surface area contributed by atoms with Crippen molar-refractivity contribution in [1.82, 2.24) is 0 Å². The summed E-state index contributed by atoms with van der Waals surface area (Å²) in [5.74, 6) is 1.18. The number of hydrogen-bond acceptors (Lipinski definition) is 4. The number of carbonyl (C=O) groups is 1. The highest BCUT2D eigenvalue weighted by molar-refractivity contribution is 6.32. The van der Waals surface area contributed by atoms with Gasteiger partial charge in [-0.15, -0.1) is 0 Å². The Kier molecular flexibility index (Phi) is 4.84. The first-order chi connectivity index (χ1) is 12.1. The van der Waals surface area contributed by atoms with Crippen LogP contribution in [0.3, 0.4) is 0 Å². The van der Waals surface area contributed by atoms with Crippen molar-refractivity contribution < 1.29 is 14.3 Å². The molecule has 0 bridgehead atoms. The molecule has 0 atom stereocenters. The molecule has 0 saturated heterocycles. The maximum absolute atomic E-state index is 12.7. The van der Waals surface area contributed by atoms with E-state index in [-0.39, 0.29) is 5.91 Å². The van der Waals surface area contributed by atoms with Crippen molar-refractivity contribution >= 4 is 23.4 Å². The van der Waals surface area contributed by atoms with Crippen LogP contribution in [-0.2, 0) is 4.79 Å². The van der Waals surface area contributed by atoms with E-state index in [2.05, 4.69) is 5.10 Å². The number of benzene rings is 2. The molecule has 128 valence electrons. The molecule has 5 nitrogen and oxygen atoms in total. The van der Waals surface area contributed by atoms with E-state index < -0.39 is 0 Å². The lowest BCUT2D eigenvalue weighted by Crippen LogP contribution is -2.21. The Hall–Kier alpha value is -3.08. The summed E-state index contributed by atoms with van der Waals surface area (Å²) in [7, 11) is 1.60. The Morgan fingerprint density at radius 1 is 1.12 bits per heavy atom. The summed E-state index contributed by atoms with van der Waals surface area (Å²) >= 11 is 0. The Morgan fingerprint density at radius 3 is 2.56 bits per heavy atom. The predicted molar refractivity (Wildman–Crippen MR) is 99.2 cm³/mol. The number of hydrogen-bond donors (Lipinski definition) is 0. The normalized spacial score (nSPS) is 15.5. The van der Waals surface area contributed by atoms with Crippen molar-refractivity contribution in [2.45, 2.75) is 13.8 Å². The van der Waals surface area contributed by atoms with E-state index in [1.165, 1.54) is 5.01 Å². The van der Waals surface area contributed by atoms with E-state index in [1.54, 1.807) is 7.11 Å². The van der Waals surface area contributed by atoms with E-state index in [0.717, 1.165) is 11.3 Å². The average Bonchev–Trinajstić information content (AvgIpc) is 2.91. The monoisotopic (exact) mass is 336 g/mol. The maximum Gasteiger partial charge on any atom is 0.280 e. The van der Waals surface area contributed by atoms with Crippen molar-refractivity contribution in [2.75, 3.05) is 18.7 Å². The van der Waals surface area contributed by atoms with Gasteiger partial charge >= 0.3 is 0 Å². The van der Waals surface area contributed by atoms with Crippen molar-refractivity contribution in [3.63, 3.8) is 0 Å². The smallest absolute Gasteiger partial charge is 0.280 e. The number of para-hydroxylation sites is 1. The second-order valence-corrected chi connectivity index (χ2v) is 5.54. The van der Waals surface area contributed by atoms with Gasteiger partial charge in [-0.2, -0.15) is 10.1 Å². The number of methoxy groups -OCH3 is 1. The molecule has 1 amide bonds. The fraction of sp³-hybridized carbons (Fsp3) is 0.200. The van der Waals surface area contributed by atoms with Gasteiger partial charge in [-0.25, -0.2) is 0 Å². The third-order valence-corrected chi connectivity index (χ3v) is 3.86. The van der Waals surface area contributed by atoms with Gasteiger partial charge < -0.3 is 9.47 Å². The summed E-state index contributed by atoms with van der Waals surface area (Å²) < 4.78 is 10.9. The van der Waals surface area contributed by atoms with Crippen molar-refractivity contribution in [3.8, 4) is 11.5 Å². The van der Waals surface area contributed by atoms with E-state index in [4.69, 9.17) is 9.47 Å². The Morgan fingerprint density at radius 2 is 1.88 bits per heavy atom. The fourth-order valence-corrected chi connectivity index (χ4v) is 2.65. The van der Waals surface area contributed by atoms with Crippen LogP contribution in [0.25, 0.3) is 6.08 Å². The predicted octanol–water partition coefficient (Wildman–Crippen LogP) is 3.90. The van der Waals surface area contributed by atoms with Gasteiger partial charge in [0.1, 0.15) is 0 Å². The second kappa shape index (κ2) is 7.21. The standard InChI is InChI=1S/C20H20N2O3/c1-4-25-19-13-15(10-11-18(19)24-3)12-17-14(2)21-22(20(17)23)16-8-6-5-7-9-16/h5-13H,4H2,1-3H3/b17-12-. The quantitative estimate of drug-likeness (QED) is 0.778. The van der Waals surface area contributed by atoms with Crippen LogP contribution in [0.4, 0.5) is 5.69 Å². The number of hydrazone groups is 1. The molecular formula is C20H20N2O3. The van der Waals surface area contributed by atoms with Crippen LogP contribution in [0.5, 0.6) is 11.5 Å². The van der Waals surface area contributed by atoms with E-state index in [1.807, 2.05) is 68.5 Å². The Balaban J connectivity index is 1.93. The molecule has 1 aliphatic heterocycles. The average molecular weight is 336 g/mol. The van der Waals surface area contributed by atoms with Gasteiger partial charge in [0, 0.05) is 0 Å². The van der Waals surface area contributed by atoms with Gasteiger partial charge in [0.2, 0.25) is 0 Å². The maximum atomic E-state index is 12.7. The highest BCUT2D eigenvalue weighted by Gasteiger charge is 2.28. The number of ether oxygens (including phenoxy) is 2. The van der Waals surface area contributed by atoms with Crippen LogP contribution < -0.4 is 14.5 Å². The van der Waals surface area contributed by atoms with Crippen LogP contribution in [0.1, 0.15) is 19.4 Å². The summed E-state index contributed by atoms with van der Waals surface area (Å²) in [6.45, 7) is 4.29. The molecule has 0 unspecified atom stereocenters. The van der Waals surface area contributed by atoms with E-state index in [0.29, 0.717) is 29.4 Å². The minimum absolute atomic E-state index is 0.141. The summed E-state index contributed by atoms with van der Waals surface area (Å²) in [6.07, 6.45) is 1.83. The van der Waals surface area contributed by atoms with Crippen LogP contribution in [-0.4, -0.2) is 25.3 Å². The first kappa shape index (κ1) is 16.8. The second-order valence-electron chi connectivity index (χ2n) is 5.54. The molecule has 0 aromatic heterocycles. The largest absolute Gasteiger partial charge is 0.493 e. The third kappa shape index (κ3) is 3.40. The van der Waals surface area contributed by atoms with Gasteiger partial charge in [-0.1, -0.05) is 24.3 Å². The SMILES string of the molecule is CCOc1cc(/C=C2\C(=O)N(c3ccccc3)N=C2C)ccc1OC. The first-order valence-corrected chi connectivity index (χ1v) is 8.11. The number of carbonyl (C=O) groups excluding carboxylic acids is 1. The third-order valence-electron chi connectivity index (χ3n) is 3.86. The Bertz CT molecular complexity index is 841. The van der Waals surface area contributed by atoms with Crippen molar-refractivity contribution in [3.05, 3.63) is 59.7 Å². The molecule has 0 spiro atoms. The lowest BCUT2D eigenvalue weighted by Gasteiger charge is -2.11. The van der Waals surface area contributed by atoms with Crippen LogP contribution in [0, 0.1) is 0 Å². The van der Waals surface area contributed by atoms with E-state index >= 15 is 0 Å². The highest BCUT2D eigenvalue weighted by atomic mass is 16.5. The molecule has 0 aliphatic carbocycles. The zero-order chi connectivity index (χ0) is 17.8. The van der Waals surface area contributed by atoms with Crippen molar-refractivity contribution in [1.29, 1.82) is 0 Å². The Labute approximate surface area is 147 Å². The zero-order valence-corrected chi connectivity index (χ0v) is 14.5. The molecule has 5 heteroatoms. The molecule has 0 N–H and O–H groups in total.